The molecule has 2 aromatic carbocycles. The molecule has 0 saturated carbocycles. The second-order valence-electron chi connectivity index (χ2n) is 6.14. The average Bonchev–Trinajstić information content (AvgIpc) is 3.04. The van der Waals surface area contributed by atoms with Gasteiger partial charge in [-0.3, -0.25) is 9.59 Å². The molecule has 1 amide bonds. The van der Waals surface area contributed by atoms with Gasteiger partial charge in [-0.05, 0) is 12.1 Å². The molecule has 0 radical (unpaired) electrons. The highest BCUT2D eigenvalue weighted by molar-refractivity contribution is 7.16. The van der Waals surface area contributed by atoms with Crippen molar-refractivity contribution >= 4 is 33.4 Å². The van der Waals surface area contributed by atoms with Gasteiger partial charge in [-0.25, -0.2) is 8.78 Å². The number of thiazole rings is 1. The molecule has 3 aromatic rings. The van der Waals surface area contributed by atoms with Gasteiger partial charge in [0.25, 0.3) is 5.91 Å². The van der Waals surface area contributed by atoms with E-state index in [1.54, 1.807) is 18.2 Å². The summed E-state index contributed by atoms with van der Waals surface area (Å²) in [7, 11) is 4.16. The number of benzene rings is 2. The first-order chi connectivity index (χ1) is 14.4. The normalized spacial score (nSPS) is 11.6. The van der Waals surface area contributed by atoms with Gasteiger partial charge < -0.3 is 18.8 Å². The van der Waals surface area contributed by atoms with Crippen LogP contribution < -0.4 is 14.3 Å². The lowest BCUT2D eigenvalue weighted by Gasteiger charge is -2.09. The van der Waals surface area contributed by atoms with Crippen LogP contribution in [0.3, 0.4) is 0 Å². The number of aromatic nitrogens is 1. The second kappa shape index (κ2) is 9.04. The van der Waals surface area contributed by atoms with Crippen molar-refractivity contribution in [3.8, 4) is 11.5 Å². The van der Waals surface area contributed by atoms with E-state index in [-0.39, 0.29) is 28.0 Å². The Hall–Kier alpha value is -3.27. The Kier molecular flexibility index (Phi) is 6.46. The van der Waals surface area contributed by atoms with Crippen LogP contribution in [0.25, 0.3) is 10.2 Å². The van der Waals surface area contributed by atoms with E-state index in [1.165, 1.54) is 25.9 Å². The maximum atomic E-state index is 14.4. The van der Waals surface area contributed by atoms with Crippen molar-refractivity contribution in [2.24, 2.45) is 4.99 Å². The van der Waals surface area contributed by atoms with E-state index in [0.717, 1.165) is 17.4 Å². The zero-order valence-corrected chi connectivity index (χ0v) is 17.2. The van der Waals surface area contributed by atoms with Gasteiger partial charge in [-0.2, -0.15) is 4.99 Å². The van der Waals surface area contributed by atoms with Gasteiger partial charge in [0.1, 0.15) is 23.9 Å². The molecule has 0 atom stereocenters. The Bertz CT molecular complexity index is 1190. The Labute approximate surface area is 174 Å². The Morgan fingerprint density at radius 1 is 1.10 bits per heavy atom. The standard InChI is InChI=1S/C20H18F2N2O5S/c1-27-13-5-4-11(15(9-13)28-2)6-17(25)23-20-24(10-18(26)29-3)19-14(22)7-12(21)8-16(19)30-20/h4-5,7-9H,6,10H2,1-3H3. The molecule has 0 N–H and O–H groups in total. The topological polar surface area (TPSA) is 79.1 Å². The zero-order chi connectivity index (χ0) is 21.8. The summed E-state index contributed by atoms with van der Waals surface area (Å²) in [5.41, 5.74) is 0.547. The number of hydrogen-bond donors (Lipinski definition) is 0. The maximum Gasteiger partial charge on any atom is 0.325 e. The van der Waals surface area contributed by atoms with Gasteiger partial charge in [0.2, 0.25) is 0 Å². The summed E-state index contributed by atoms with van der Waals surface area (Å²) in [6, 6.07) is 6.81. The second-order valence-corrected chi connectivity index (χ2v) is 7.15. The number of ether oxygens (including phenoxy) is 3. The molecule has 0 unspecified atom stereocenters. The average molecular weight is 436 g/mol. The van der Waals surface area contributed by atoms with Crippen LogP contribution in [0.5, 0.6) is 11.5 Å². The number of carbonyl (C=O) groups is 2. The smallest absolute Gasteiger partial charge is 0.325 e. The Morgan fingerprint density at radius 2 is 1.87 bits per heavy atom. The molecule has 1 heterocycles. The number of esters is 1. The van der Waals surface area contributed by atoms with E-state index in [0.29, 0.717) is 23.1 Å². The van der Waals surface area contributed by atoms with E-state index >= 15 is 0 Å². The summed E-state index contributed by atoms with van der Waals surface area (Å²) in [4.78, 5) is 28.5. The highest BCUT2D eigenvalue weighted by Crippen LogP contribution is 2.25. The fraction of sp³-hybridized carbons (Fsp3) is 0.250. The predicted molar refractivity (Wildman–Crippen MR) is 106 cm³/mol. The molecule has 0 bridgehead atoms. The van der Waals surface area contributed by atoms with Crippen LogP contribution in [0.15, 0.2) is 35.3 Å². The minimum atomic E-state index is -0.865. The lowest BCUT2D eigenvalue weighted by molar-refractivity contribution is -0.141. The van der Waals surface area contributed by atoms with Crippen LogP contribution in [-0.2, 0) is 27.3 Å². The van der Waals surface area contributed by atoms with E-state index in [4.69, 9.17) is 9.47 Å². The van der Waals surface area contributed by atoms with E-state index in [1.807, 2.05) is 0 Å². The van der Waals surface area contributed by atoms with Gasteiger partial charge in [0.15, 0.2) is 10.6 Å². The third-order valence-corrected chi connectivity index (χ3v) is 5.29. The molecule has 10 heteroatoms. The number of halogens is 2. The van der Waals surface area contributed by atoms with Crippen molar-refractivity contribution < 1.29 is 32.6 Å². The highest BCUT2D eigenvalue weighted by atomic mass is 32.1. The van der Waals surface area contributed by atoms with Crippen molar-refractivity contribution in [2.75, 3.05) is 21.3 Å². The molecule has 0 aliphatic heterocycles. The largest absolute Gasteiger partial charge is 0.497 e. The van der Waals surface area contributed by atoms with Crippen molar-refractivity contribution in [1.82, 2.24) is 4.57 Å². The Morgan fingerprint density at radius 3 is 2.53 bits per heavy atom. The zero-order valence-electron chi connectivity index (χ0n) is 16.4. The summed E-state index contributed by atoms with van der Waals surface area (Å²) >= 11 is 0.896. The quantitative estimate of drug-likeness (QED) is 0.556. The number of rotatable bonds is 6. The SMILES string of the molecule is COC(=O)Cn1c(=NC(=O)Cc2ccc(OC)cc2OC)sc2cc(F)cc(F)c21. The number of hydrogen-bond acceptors (Lipinski definition) is 6. The van der Waals surface area contributed by atoms with Crippen LogP contribution in [0.2, 0.25) is 0 Å². The monoisotopic (exact) mass is 436 g/mol. The number of carbonyl (C=O) groups excluding carboxylic acids is 2. The molecule has 0 fully saturated rings. The van der Waals surface area contributed by atoms with Crippen LogP contribution >= 0.6 is 11.3 Å². The van der Waals surface area contributed by atoms with E-state index in [9.17, 15) is 18.4 Å². The van der Waals surface area contributed by atoms with Crippen LogP contribution in [0, 0.1) is 11.6 Å². The van der Waals surface area contributed by atoms with Gasteiger partial charge in [0, 0.05) is 17.7 Å². The van der Waals surface area contributed by atoms with Crippen LogP contribution in [0.4, 0.5) is 8.78 Å². The number of nitrogens with zero attached hydrogens (tertiary/aromatic N) is 2. The molecule has 0 aliphatic rings. The molecule has 0 spiro atoms. The number of methoxy groups -OCH3 is 3. The molecular weight excluding hydrogens is 418 g/mol. The third-order valence-electron chi connectivity index (χ3n) is 4.27. The number of fused-ring (bicyclic) bond motifs is 1. The van der Waals surface area contributed by atoms with Gasteiger partial charge >= 0.3 is 5.97 Å². The minimum absolute atomic E-state index is 0.0274. The first-order valence-corrected chi connectivity index (χ1v) is 9.51. The summed E-state index contributed by atoms with van der Waals surface area (Å²) in [5.74, 6) is -1.83. The molecule has 158 valence electrons. The Balaban J connectivity index is 2.04. The van der Waals surface area contributed by atoms with Gasteiger partial charge in [-0.15, -0.1) is 0 Å². The van der Waals surface area contributed by atoms with Crippen molar-refractivity contribution in [3.63, 3.8) is 0 Å². The van der Waals surface area contributed by atoms with Gasteiger partial charge in [0.05, 0.1) is 38.0 Å². The summed E-state index contributed by atoms with van der Waals surface area (Å²) < 4.78 is 44.4. The van der Waals surface area contributed by atoms with E-state index < -0.39 is 23.5 Å². The van der Waals surface area contributed by atoms with Crippen molar-refractivity contribution in [1.29, 1.82) is 0 Å². The molecule has 0 aliphatic carbocycles. The van der Waals surface area contributed by atoms with Crippen molar-refractivity contribution in [3.05, 3.63) is 52.3 Å². The third kappa shape index (κ3) is 4.48. The molecule has 1 aromatic heterocycles. The first-order valence-electron chi connectivity index (χ1n) is 8.70. The summed E-state index contributed by atoms with van der Waals surface area (Å²) in [6.45, 7) is -0.378. The molecule has 0 saturated heterocycles. The lowest BCUT2D eigenvalue weighted by Crippen LogP contribution is -2.23. The van der Waals surface area contributed by atoms with Crippen LogP contribution in [0.1, 0.15) is 5.56 Å². The predicted octanol–water partition coefficient (Wildman–Crippen LogP) is 2.84. The molecular formula is C20H18F2N2O5S. The van der Waals surface area contributed by atoms with Crippen molar-refractivity contribution in [2.45, 2.75) is 13.0 Å². The number of amides is 1. The molecule has 30 heavy (non-hydrogen) atoms. The first kappa shape index (κ1) is 21.4. The summed E-state index contributed by atoms with van der Waals surface area (Å²) in [6.07, 6.45) is -0.101. The maximum absolute atomic E-state index is 14.4. The van der Waals surface area contributed by atoms with Gasteiger partial charge in [-0.1, -0.05) is 17.4 Å². The fourth-order valence-corrected chi connectivity index (χ4v) is 3.95. The summed E-state index contributed by atoms with van der Waals surface area (Å²) in [5, 5.41) is 0. The molecule has 7 nitrogen and oxygen atoms in total. The highest BCUT2D eigenvalue weighted by Gasteiger charge is 2.17. The fourth-order valence-electron chi connectivity index (χ4n) is 2.86. The van der Waals surface area contributed by atoms with E-state index in [2.05, 4.69) is 9.73 Å². The molecule has 3 rings (SSSR count). The minimum Gasteiger partial charge on any atom is -0.497 e. The lowest BCUT2D eigenvalue weighted by atomic mass is 10.1. The van der Waals surface area contributed by atoms with Crippen LogP contribution in [-0.4, -0.2) is 37.8 Å².